The number of nitrogens with two attached hydrogens (primary N) is 1. The van der Waals surface area contributed by atoms with Gasteiger partial charge in [-0.25, -0.2) is 8.42 Å². The van der Waals surface area contributed by atoms with Crippen LogP contribution in [0.4, 0.5) is 5.69 Å². The summed E-state index contributed by atoms with van der Waals surface area (Å²) in [7, 11) is -3.42. The standard InChI is InChI=1S/C27H36N4O5S/c1-26(2,28)25(33)29-22(18-36-17-20-9-5-4-6-10-20)24(32)30-15-13-27(14-16-30)19-31(37(3,34)35)23-12-8-7-11-21(23)27/h4-12,22H,13-19,28H2,1-3H3,(H,29,33)/t22-/m1/s1/i3+2. The van der Waals surface area contributed by atoms with Gasteiger partial charge in [0.05, 0.1) is 30.7 Å². The van der Waals surface area contributed by atoms with E-state index in [2.05, 4.69) is 5.32 Å². The first kappa shape index (κ1) is 27.1. The van der Waals surface area contributed by atoms with Gasteiger partial charge < -0.3 is 20.7 Å². The third-order valence-electron chi connectivity index (χ3n) is 7.21. The number of hydrogen-bond donors (Lipinski definition) is 2. The van der Waals surface area contributed by atoms with E-state index in [1.807, 2.05) is 54.6 Å². The van der Waals surface area contributed by atoms with Crippen molar-refractivity contribution in [3.63, 3.8) is 0 Å². The number of hydrogen-bond acceptors (Lipinski definition) is 6. The second-order valence-corrected chi connectivity index (χ2v) is 12.5. The molecule has 10 heteroatoms. The third-order valence-corrected chi connectivity index (χ3v) is 8.33. The molecular formula is C27H36N4O5S. The van der Waals surface area contributed by atoms with Gasteiger partial charge in [0.15, 0.2) is 0 Å². The number of likely N-dealkylation sites (tertiary alicyclic amines) is 1. The molecule has 2 aliphatic heterocycles. The van der Waals surface area contributed by atoms with Crippen LogP contribution >= 0.6 is 0 Å². The van der Waals surface area contributed by atoms with Crippen molar-refractivity contribution in [2.75, 3.05) is 36.8 Å². The number of carbonyl (C=O) groups is 2. The zero-order valence-corrected chi connectivity index (χ0v) is 22.5. The molecule has 200 valence electrons. The van der Waals surface area contributed by atoms with E-state index < -0.39 is 27.5 Å². The van der Waals surface area contributed by atoms with Crippen molar-refractivity contribution in [3.8, 4) is 0 Å². The second-order valence-electron chi connectivity index (χ2n) is 10.6. The molecule has 37 heavy (non-hydrogen) atoms. The minimum Gasteiger partial charge on any atom is -0.374 e. The minimum absolute atomic E-state index is 0.0158. The molecule has 2 aromatic carbocycles. The summed E-state index contributed by atoms with van der Waals surface area (Å²) < 4.78 is 32.2. The van der Waals surface area contributed by atoms with Crippen LogP contribution in [0.15, 0.2) is 54.6 Å². The molecule has 3 N–H and O–H groups in total. The first-order chi connectivity index (χ1) is 17.4. The fraction of sp³-hybridized carbons (Fsp3) is 0.481. The summed E-state index contributed by atoms with van der Waals surface area (Å²) in [6.07, 6.45) is 2.47. The molecule has 0 saturated carbocycles. The van der Waals surface area contributed by atoms with E-state index in [9.17, 15) is 18.0 Å². The van der Waals surface area contributed by atoms with Crippen molar-refractivity contribution in [2.24, 2.45) is 5.73 Å². The van der Waals surface area contributed by atoms with Crippen LogP contribution in [-0.4, -0.2) is 69.2 Å². The van der Waals surface area contributed by atoms with Crippen LogP contribution in [0.5, 0.6) is 0 Å². The van der Waals surface area contributed by atoms with Crippen LogP contribution in [0, 0.1) is 0 Å². The number of piperidine rings is 1. The predicted octanol–water partition coefficient (Wildman–Crippen LogP) is 1.77. The van der Waals surface area contributed by atoms with Gasteiger partial charge in [-0.05, 0) is 43.9 Å². The summed E-state index contributed by atoms with van der Waals surface area (Å²) >= 11 is 0. The first-order valence-electron chi connectivity index (χ1n) is 12.5. The highest BCUT2D eigenvalue weighted by Gasteiger charge is 2.48. The first-order valence-corrected chi connectivity index (χ1v) is 14.3. The average molecular weight is 531 g/mol. The fourth-order valence-corrected chi connectivity index (χ4v) is 6.07. The average Bonchev–Trinajstić information content (AvgIpc) is 3.18. The van der Waals surface area contributed by atoms with Gasteiger partial charge >= 0.3 is 0 Å². The summed E-state index contributed by atoms with van der Waals surface area (Å²) in [4.78, 5) is 27.9. The van der Waals surface area contributed by atoms with Crippen molar-refractivity contribution in [1.29, 1.82) is 0 Å². The monoisotopic (exact) mass is 530 g/mol. The third kappa shape index (κ3) is 5.97. The quantitative estimate of drug-likeness (QED) is 0.537. The summed E-state index contributed by atoms with van der Waals surface area (Å²) in [5, 5.41) is 2.78. The van der Waals surface area contributed by atoms with Crippen LogP contribution < -0.4 is 15.4 Å². The Morgan fingerprint density at radius 2 is 1.73 bits per heavy atom. The summed E-state index contributed by atoms with van der Waals surface area (Å²) in [5.74, 6) is -0.664. The van der Waals surface area contributed by atoms with Gasteiger partial charge in [-0.3, -0.25) is 13.9 Å². The molecule has 1 spiro atoms. The number of para-hydroxylation sites is 1. The normalized spacial score (nSPS) is 17.9. The van der Waals surface area contributed by atoms with Crippen molar-refractivity contribution < 1.29 is 22.7 Å². The number of nitrogens with one attached hydrogen (secondary N) is 1. The van der Waals surface area contributed by atoms with Gasteiger partial charge in [0.25, 0.3) is 0 Å². The Morgan fingerprint density at radius 1 is 1.11 bits per heavy atom. The fourth-order valence-electron chi connectivity index (χ4n) is 5.07. The summed E-state index contributed by atoms with van der Waals surface area (Å²) in [6, 6.07) is 16.3. The van der Waals surface area contributed by atoms with E-state index in [1.54, 1.807) is 18.7 Å². The molecule has 0 unspecified atom stereocenters. The van der Waals surface area contributed by atoms with Gasteiger partial charge in [0, 0.05) is 25.0 Å². The molecule has 0 radical (unpaired) electrons. The number of carbonyl (C=O) groups excluding carboxylic acids is 2. The van der Waals surface area contributed by atoms with E-state index in [0.717, 1.165) is 16.8 Å². The Morgan fingerprint density at radius 3 is 2.35 bits per heavy atom. The number of ether oxygens (including phenoxy) is 1. The van der Waals surface area contributed by atoms with E-state index in [1.165, 1.54) is 10.6 Å². The number of sulfonamides is 1. The van der Waals surface area contributed by atoms with Crippen LogP contribution in [0.1, 0.15) is 37.8 Å². The predicted molar refractivity (Wildman–Crippen MR) is 142 cm³/mol. The lowest BCUT2D eigenvalue weighted by molar-refractivity contribution is -0.140. The van der Waals surface area contributed by atoms with Gasteiger partial charge in [0.2, 0.25) is 21.8 Å². The molecule has 1 atom stereocenters. The van der Waals surface area contributed by atoms with E-state index in [-0.39, 0.29) is 17.9 Å². The number of nitrogens with zero attached hydrogens (tertiary/aromatic N) is 2. The molecule has 1 fully saturated rings. The lowest BCUT2D eigenvalue weighted by atomic mass is 9.74. The zero-order chi connectivity index (χ0) is 26.8. The highest BCUT2D eigenvalue weighted by Crippen LogP contribution is 2.47. The summed E-state index contributed by atoms with van der Waals surface area (Å²) in [6.45, 7) is 4.77. The Labute approximate surface area is 219 Å². The molecule has 2 aromatic rings. The maximum atomic E-state index is 13.6. The van der Waals surface area contributed by atoms with E-state index in [0.29, 0.717) is 39.1 Å². The molecule has 0 aromatic heterocycles. The SMILES string of the molecule is CC(C)(N)C(=O)N[C@H](COCc1ccccc1)C(=O)N1CCC2(CC1)CN(S([14CH3])(=O)=O)c1ccccc12. The smallest absolute Gasteiger partial charge is 0.247 e. The number of anilines is 1. The van der Waals surface area contributed by atoms with Crippen molar-refractivity contribution in [3.05, 3.63) is 65.7 Å². The molecule has 2 amide bonds. The van der Waals surface area contributed by atoms with Crippen LogP contribution in [-0.2, 0) is 36.4 Å². The van der Waals surface area contributed by atoms with E-state index in [4.69, 9.17) is 10.5 Å². The molecule has 9 nitrogen and oxygen atoms in total. The highest BCUT2D eigenvalue weighted by atomic mass is 32.2. The van der Waals surface area contributed by atoms with Gasteiger partial charge in [-0.1, -0.05) is 48.5 Å². The number of rotatable bonds is 8. The molecule has 0 bridgehead atoms. The lowest BCUT2D eigenvalue weighted by Crippen LogP contribution is -2.59. The van der Waals surface area contributed by atoms with Gasteiger partial charge in [-0.2, -0.15) is 0 Å². The largest absolute Gasteiger partial charge is 0.374 e. The number of amides is 2. The Bertz CT molecular complexity index is 1230. The van der Waals surface area contributed by atoms with E-state index >= 15 is 0 Å². The highest BCUT2D eigenvalue weighted by molar-refractivity contribution is 7.92. The van der Waals surface area contributed by atoms with Gasteiger partial charge in [0.1, 0.15) is 6.04 Å². The molecule has 2 aliphatic rings. The Kier molecular flexibility index (Phi) is 7.64. The number of benzene rings is 2. The molecule has 4 rings (SSSR count). The number of fused-ring (bicyclic) bond motifs is 2. The Hall–Kier alpha value is -2.95. The van der Waals surface area contributed by atoms with Crippen molar-refractivity contribution >= 4 is 27.5 Å². The molecular weight excluding hydrogens is 494 g/mol. The van der Waals surface area contributed by atoms with Crippen LogP contribution in [0.2, 0.25) is 0 Å². The Balaban J connectivity index is 1.46. The maximum Gasteiger partial charge on any atom is 0.247 e. The maximum absolute atomic E-state index is 13.6. The van der Waals surface area contributed by atoms with Crippen LogP contribution in [0.3, 0.4) is 0 Å². The minimum atomic E-state index is -3.42. The molecule has 2 heterocycles. The topological polar surface area (TPSA) is 122 Å². The molecule has 0 aliphatic carbocycles. The molecule has 1 saturated heterocycles. The second kappa shape index (κ2) is 10.4. The summed E-state index contributed by atoms with van der Waals surface area (Å²) in [5.41, 5.74) is 7.16. The zero-order valence-electron chi connectivity index (χ0n) is 21.6. The van der Waals surface area contributed by atoms with Crippen LogP contribution in [0.25, 0.3) is 0 Å². The lowest BCUT2D eigenvalue weighted by Gasteiger charge is -2.41. The van der Waals surface area contributed by atoms with Gasteiger partial charge in [-0.15, -0.1) is 0 Å². The van der Waals surface area contributed by atoms with Crippen molar-refractivity contribution in [1.82, 2.24) is 10.2 Å². The van der Waals surface area contributed by atoms with Crippen molar-refractivity contribution in [2.45, 2.75) is 50.3 Å².